The number of piperidine rings is 1. The van der Waals surface area contributed by atoms with Gasteiger partial charge in [-0.15, -0.1) is 0 Å². The Morgan fingerprint density at radius 3 is 2.29 bits per heavy atom. The molecular formula is C12H21N3OS. The lowest BCUT2D eigenvalue weighted by atomic mass is 9.97. The maximum Gasteiger partial charge on any atom is 0.220 e. The van der Waals surface area contributed by atoms with Crippen molar-refractivity contribution in [3.63, 3.8) is 0 Å². The lowest BCUT2D eigenvalue weighted by molar-refractivity contribution is -0.122. The molecule has 0 aromatic rings. The fourth-order valence-corrected chi connectivity index (χ4v) is 3.05. The highest BCUT2D eigenvalue weighted by Gasteiger charge is 2.25. The zero-order valence-corrected chi connectivity index (χ0v) is 11.0. The first-order valence-corrected chi connectivity index (χ1v) is 6.92. The zero-order chi connectivity index (χ0) is 12.3. The van der Waals surface area contributed by atoms with Crippen LogP contribution in [0.5, 0.6) is 0 Å². The first-order chi connectivity index (χ1) is 8.16. The highest BCUT2D eigenvalue weighted by atomic mass is 32.1. The standard InChI is InChI=1S/C12H21N3OS/c13-11(16)9-5-7-15(8-6-9)12(17)14-10-3-1-2-4-10/h9-10H,1-8H2,(H2,13,16)(H,14,17). The molecule has 0 spiro atoms. The monoisotopic (exact) mass is 255 g/mol. The summed E-state index contributed by atoms with van der Waals surface area (Å²) in [5.74, 6) is -0.125. The molecule has 0 bridgehead atoms. The van der Waals surface area contributed by atoms with Crippen molar-refractivity contribution in [2.24, 2.45) is 11.7 Å². The lowest BCUT2D eigenvalue weighted by Crippen LogP contribution is -2.48. The van der Waals surface area contributed by atoms with Crippen molar-refractivity contribution in [3.8, 4) is 0 Å². The average Bonchev–Trinajstić information content (AvgIpc) is 2.82. The predicted octanol–water partition coefficient (Wildman–Crippen LogP) is 1.00. The Balaban J connectivity index is 1.75. The van der Waals surface area contributed by atoms with E-state index in [0.717, 1.165) is 31.0 Å². The second-order valence-electron chi connectivity index (χ2n) is 5.09. The number of hydrogen-bond donors (Lipinski definition) is 2. The number of primary amides is 1. The van der Waals surface area contributed by atoms with Crippen molar-refractivity contribution >= 4 is 23.2 Å². The molecule has 2 fully saturated rings. The van der Waals surface area contributed by atoms with Crippen molar-refractivity contribution in [1.82, 2.24) is 10.2 Å². The molecule has 2 aliphatic rings. The minimum absolute atomic E-state index is 0.0422. The number of likely N-dealkylation sites (tertiary alicyclic amines) is 1. The number of rotatable bonds is 2. The van der Waals surface area contributed by atoms with Gasteiger partial charge >= 0.3 is 0 Å². The van der Waals surface area contributed by atoms with Crippen LogP contribution in [0.15, 0.2) is 0 Å². The van der Waals surface area contributed by atoms with Crippen molar-refractivity contribution in [2.45, 2.75) is 44.6 Å². The molecular weight excluding hydrogens is 234 g/mol. The van der Waals surface area contributed by atoms with Gasteiger partial charge in [0.2, 0.25) is 5.91 Å². The topological polar surface area (TPSA) is 58.4 Å². The van der Waals surface area contributed by atoms with Crippen LogP contribution in [0.25, 0.3) is 0 Å². The van der Waals surface area contributed by atoms with Crippen LogP contribution in [0.3, 0.4) is 0 Å². The smallest absolute Gasteiger partial charge is 0.220 e. The number of carbonyl (C=O) groups excluding carboxylic acids is 1. The summed E-state index contributed by atoms with van der Waals surface area (Å²) in [5, 5.41) is 4.29. The molecule has 0 aromatic heterocycles. The maximum atomic E-state index is 11.1. The molecule has 1 saturated carbocycles. The summed E-state index contributed by atoms with van der Waals surface area (Å²) in [7, 11) is 0. The Bertz CT molecular complexity index is 294. The van der Waals surface area contributed by atoms with Crippen LogP contribution >= 0.6 is 12.2 Å². The fourth-order valence-electron chi connectivity index (χ4n) is 2.70. The molecule has 0 aromatic carbocycles. The molecule has 4 nitrogen and oxygen atoms in total. The maximum absolute atomic E-state index is 11.1. The molecule has 1 amide bonds. The normalized spacial score (nSPS) is 22.7. The number of hydrogen-bond acceptors (Lipinski definition) is 2. The van der Waals surface area contributed by atoms with Gasteiger partial charge in [-0.3, -0.25) is 4.79 Å². The van der Waals surface area contributed by atoms with Gasteiger partial charge in [-0.1, -0.05) is 12.8 Å². The molecule has 1 aliphatic carbocycles. The average molecular weight is 255 g/mol. The molecule has 0 unspecified atom stereocenters. The third-order valence-electron chi connectivity index (χ3n) is 3.87. The summed E-state index contributed by atoms with van der Waals surface area (Å²) < 4.78 is 0. The Morgan fingerprint density at radius 1 is 1.18 bits per heavy atom. The van der Waals surface area contributed by atoms with E-state index in [1.807, 2.05) is 0 Å². The van der Waals surface area contributed by atoms with Gasteiger partial charge < -0.3 is 16.0 Å². The predicted molar refractivity (Wildman–Crippen MR) is 71.5 cm³/mol. The van der Waals surface area contributed by atoms with Gasteiger partial charge in [0.05, 0.1) is 0 Å². The Labute approximate surface area is 108 Å². The number of carbonyl (C=O) groups is 1. The van der Waals surface area contributed by atoms with E-state index < -0.39 is 0 Å². The van der Waals surface area contributed by atoms with E-state index in [-0.39, 0.29) is 11.8 Å². The van der Waals surface area contributed by atoms with E-state index in [2.05, 4.69) is 10.2 Å². The summed E-state index contributed by atoms with van der Waals surface area (Å²) in [6.07, 6.45) is 6.76. The number of nitrogens with one attached hydrogen (secondary N) is 1. The lowest BCUT2D eigenvalue weighted by Gasteiger charge is -2.33. The Hall–Kier alpha value is -0.840. The van der Waals surface area contributed by atoms with Crippen LogP contribution in [-0.4, -0.2) is 35.1 Å². The minimum Gasteiger partial charge on any atom is -0.369 e. The Kier molecular flexibility index (Phi) is 4.20. The fraction of sp³-hybridized carbons (Fsp3) is 0.833. The molecule has 1 saturated heterocycles. The van der Waals surface area contributed by atoms with Gasteiger partial charge in [0.15, 0.2) is 5.11 Å². The first-order valence-electron chi connectivity index (χ1n) is 6.51. The van der Waals surface area contributed by atoms with Crippen molar-refractivity contribution in [1.29, 1.82) is 0 Å². The number of amides is 1. The SMILES string of the molecule is NC(=O)C1CCN(C(=S)NC2CCCC2)CC1. The molecule has 0 atom stereocenters. The van der Waals surface area contributed by atoms with E-state index in [0.29, 0.717) is 6.04 Å². The van der Waals surface area contributed by atoms with Gasteiger partial charge in [-0.2, -0.15) is 0 Å². The van der Waals surface area contributed by atoms with Gasteiger partial charge in [-0.05, 0) is 37.9 Å². The summed E-state index contributed by atoms with van der Waals surface area (Å²) in [5.41, 5.74) is 5.31. The quantitative estimate of drug-likeness (QED) is 0.723. The van der Waals surface area contributed by atoms with Crippen molar-refractivity contribution in [3.05, 3.63) is 0 Å². The van der Waals surface area contributed by atoms with Gasteiger partial charge in [0.25, 0.3) is 0 Å². The van der Waals surface area contributed by atoms with Gasteiger partial charge in [0, 0.05) is 25.0 Å². The molecule has 2 rings (SSSR count). The molecule has 17 heavy (non-hydrogen) atoms. The summed E-state index contributed by atoms with van der Waals surface area (Å²) in [6.45, 7) is 1.71. The zero-order valence-electron chi connectivity index (χ0n) is 10.2. The molecule has 3 N–H and O–H groups in total. The summed E-state index contributed by atoms with van der Waals surface area (Å²) in [6, 6.07) is 0.566. The van der Waals surface area contributed by atoms with E-state index in [9.17, 15) is 4.79 Å². The van der Waals surface area contributed by atoms with Crippen molar-refractivity contribution in [2.75, 3.05) is 13.1 Å². The van der Waals surface area contributed by atoms with Crippen LogP contribution in [-0.2, 0) is 4.79 Å². The van der Waals surface area contributed by atoms with Crippen LogP contribution < -0.4 is 11.1 Å². The van der Waals surface area contributed by atoms with E-state index in [1.165, 1.54) is 25.7 Å². The number of thiocarbonyl (C=S) groups is 1. The van der Waals surface area contributed by atoms with E-state index >= 15 is 0 Å². The molecule has 5 heteroatoms. The second kappa shape index (κ2) is 5.67. The van der Waals surface area contributed by atoms with Crippen LogP contribution in [0.1, 0.15) is 38.5 Å². The minimum atomic E-state index is -0.167. The number of nitrogens with two attached hydrogens (primary N) is 1. The molecule has 1 aliphatic heterocycles. The molecule has 1 heterocycles. The Morgan fingerprint density at radius 2 is 1.76 bits per heavy atom. The van der Waals surface area contributed by atoms with Crippen LogP contribution in [0, 0.1) is 5.92 Å². The third kappa shape index (κ3) is 3.31. The summed E-state index contributed by atoms with van der Waals surface area (Å²) >= 11 is 5.41. The van der Waals surface area contributed by atoms with Crippen LogP contribution in [0.2, 0.25) is 0 Å². The second-order valence-corrected chi connectivity index (χ2v) is 5.48. The van der Waals surface area contributed by atoms with Crippen LogP contribution in [0.4, 0.5) is 0 Å². The highest BCUT2D eigenvalue weighted by Crippen LogP contribution is 2.20. The first kappa shape index (κ1) is 12.6. The van der Waals surface area contributed by atoms with Crippen molar-refractivity contribution < 1.29 is 4.79 Å². The van der Waals surface area contributed by atoms with E-state index in [1.54, 1.807) is 0 Å². The van der Waals surface area contributed by atoms with Gasteiger partial charge in [-0.25, -0.2) is 0 Å². The molecule has 0 radical (unpaired) electrons. The highest BCUT2D eigenvalue weighted by molar-refractivity contribution is 7.80. The largest absolute Gasteiger partial charge is 0.369 e. The summed E-state index contributed by atoms with van der Waals surface area (Å²) in [4.78, 5) is 13.2. The number of nitrogens with zero attached hydrogens (tertiary/aromatic N) is 1. The third-order valence-corrected chi connectivity index (χ3v) is 4.24. The van der Waals surface area contributed by atoms with Gasteiger partial charge in [0.1, 0.15) is 0 Å². The van der Waals surface area contributed by atoms with E-state index in [4.69, 9.17) is 18.0 Å². The molecule has 96 valence electrons.